The quantitative estimate of drug-likeness (QED) is 0.529. The van der Waals surface area contributed by atoms with Gasteiger partial charge in [0.05, 0.1) is 0 Å². The molecule has 0 radical (unpaired) electrons. The Morgan fingerprint density at radius 1 is 1.78 bits per heavy atom. The van der Waals surface area contributed by atoms with Crippen molar-refractivity contribution in [1.29, 1.82) is 0 Å². The van der Waals surface area contributed by atoms with Crippen molar-refractivity contribution in [3.05, 3.63) is 5.82 Å². The Morgan fingerprint density at radius 3 is 3.00 bits per heavy atom. The number of aromatic amines is 1. The number of nitrogens with zero attached hydrogens (tertiary/aromatic N) is 3. The molecule has 1 N–H and O–H groups in total. The van der Waals surface area contributed by atoms with E-state index >= 15 is 0 Å². The molecule has 48 valence electrons. The van der Waals surface area contributed by atoms with Crippen molar-refractivity contribution in [3.8, 4) is 0 Å². The molecule has 0 fully saturated rings. The zero-order valence-corrected chi connectivity index (χ0v) is 5.21. The van der Waals surface area contributed by atoms with Crippen molar-refractivity contribution < 1.29 is 9.46 Å². The number of rotatable bonds is 2. The molecule has 0 aliphatic rings. The highest BCUT2D eigenvalue weighted by molar-refractivity contribution is 7.35. The van der Waals surface area contributed by atoms with Gasteiger partial charge in [0.15, 0.2) is 0 Å². The maximum Gasteiger partial charge on any atom is 0.317 e. The third-order valence-corrected chi connectivity index (χ3v) is 1.20. The smallest absolute Gasteiger partial charge is 0.317 e. The molecule has 7 heteroatoms. The van der Waals surface area contributed by atoms with Gasteiger partial charge in [-0.05, 0) is 0 Å². The van der Waals surface area contributed by atoms with Gasteiger partial charge >= 0.3 is 8.03 Å². The normalized spacial score (nSPS) is 11.4. The van der Waals surface area contributed by atoms with E-state index in [1.54, 1.807) is 0 Å². The molecule has 1 aromatic rings. The zero-order valence-electron chi connectivity index (χ0n) is 4.31. The molecule has 0 bridgehead atoms. The first-order chi connectivity index (χ1) is 4.29. The number of hydrogen-bond donors (Lipinski definition) is 1. The third kappa shape index (κ3) is 1.83. The van der Waals surface area contributed by atoms with E-state index in [9.17, 15) is 9.46 Å². The van der Waals surface area contributed by atoms with Crippen molar-refractivity contribution in [2.45, 2.75) is 6.16 Å². The molecule has 0 aliphatic heterocycles. The van der Waals surface area contributed by atoms with Crippen molar-refractivity contribution in [2.75, 3.05) is 0 Å². The monoisotopic (exact) mass is 146 g/mol. The van der Waals surface area contributed by atoms with E-state index in [-0.39, 0.29) is 12.0 Å². The molecular formula is C2H3N4O2P. The summed E-state index contributed by atoms with van der Waals surface area (Å²) in [5, 5.41) is 12.2. The van der Waals surface area contributed by atoms with Gasteiger partial charge in [0.2, 0.25) is 12.0 Å². The van der Waals surface area contributed by atoms with Crippen molar-refractivity contribution in [1.82, 2.24) is 20.6 Å². The Kier molecular flexibility index (Phi) is 1.81. The summed E-state index contributed by atoms with van der Waals surface area (Å²) in [5.74, 6) is 0.200. The minimum atomic E-state index is -2.44. The van der Waals surface area contributed by atoms with Gasteiger partial charge in [-0.1, -0.05) is 9.78 Å². The Balaban J connectivity index is 2.58. The molecule has 0 amide bonds. The first-order valence-electron chi connectivity index (χ1n) is 2.13. The topological polar surface area (TPSA) is 94.6 Å². The van der Waals surface area contributed by atoms with Gasteiger partial charge in [0, 0.05) is 0 Å². The summed E-state index contributed by atoms with van der Waals surface area (Å²) in [6, 6.07) is 0. The molecule has 1 heterocycles. The van der Waals surface area contributed by atoms with E-state index in [1.807, 2.05) is 0 Å². The first-order valence-corrected chi connectivity index (χ1v) is 3.49. The van der Waals surface area contributed by atoms with Crippen LogP contribution in [0.5, 0.6) is 0 Å². The predicted molar refractivity (Wildman–Crippen MR) is 25.5 cm³/mol. The lowest BCUT2D eigenvalue weighted by Crippen LogP contribution is -1.91. The standard InChI is InChI=1S/C2H3N4O2P/c7-9(8)1-2-3-5-6-4-2/h1H2,(H,3,4,5,6). The maximum absolute atomic E-state index is 9.98. The average Bonchev–Trinajstić information content (AvgIpc) is 2.15. The van der Waals surface area contributed by atoms with Gasteiger partial charge in [-0.2, -0.15) is 5.21 Å². The van der Waals surface area contributed by atoms with Gasteiger partial charge in [-0.15, -0.1) is 10.2 Å². The van der Waals surface area contributed by atoms with Crippen LogP contribution >= 0.6 is 8.03 Å². The molecule has 1 rings (SSSR count). The number of tetrazole rings is 1. The van der Waals surface area contributed by atoms with Crippen LogP contribution in [0.3, 0.4) is 0 Å². The number of aromatic nitrogens is 4. The number of nitrogens with one attached hydrogen (secondary N) is 1. The summed E-state index contributed by atoms with van der Waals surface area (Å²) >= 11 is 0. The second-order valence-electron chi connectivity index (χ2n) is 1.32. The predicted octanol–water partition coefficient (Wildman–Crippen LogP) is -1.20. The lowest BCUT2D eigenvalue weighted by Gasteiger charge is -1.78. The second kappa shape index (κ2) is 2.61. The molecule has 1 atom stereocenters. The second-order valence-corrected chi connectivity index (χ2v) is 2.30. The Hall–Kier alpha value is -0.870. The fraction of sp³-hybridized carbons (Fsp3) is 0.500. The van der Waals surface area contributed by atoms with Crippen LogP contribution in [0.15, 0.2) is 0 Å². The molecular weight excluding hydrogens is 143 g/mol. The summed E-state index contributed by atoms with van der Waals surface area (Å²) in [6.45, 7) is 0. The fourth-order valence-corrected chi connectivity index (χ4v) is 0.730. The van der Waals surface area contributed by atoms with E-state index < -0.39 is 8.03 Å². The van der Waals surface area contributed by atoms with Crippen LogP contribution in [-0.2, 0) is 10.7 Å². The van der Waals surface area contributed by atoms with Gasteiger partial charge in [-0.25, -0.2) is 0 Å². The average molecular weight is 146 g/mol. The molecule has 6 nitrogen and oxygen atoms in total. The van der Waals surface area contributed by atoms with Crippen molar-refractivity contribution >= 4 is 8.03 Å². The molecule has 0 saturated carbocycles. The van der Waals surface area contributed by atoms with Crippen LogP contribution < -0.4 is 4.89 Å². The molecule has 0 spiro atoms. The summed E-state index contributed by atoms with van der Waals surface area (Å²) < 4.78 is 9.98. The van der Waals surface area contributed by atoms with Gasteiger partial charge in [0.25, 0.3) is 0 Å². The Bertz CT molecular complexity index is 196. The van der Waals surface area contributed by atoms with Crippen LogP contribution in [0.25, 0.3) is 0 Å². The van der Waals surface area contributed by atoms with E-state index in [1.165, 1.54) is 0 Å². The lowest BCUT2D eigenvalue weighted by atomic mass is 10.8. The summed E-state index contributed by atoms with van der Waals surface area (Å²) in [7, 11) is -2.44. The van der Waals surface area contributed by atoms with Gasteiger partial charge in [0.1, 0.15) is 0 Å². The number of H-pyrrole nitrogens is 1. The van der Waals surface area contributed by atoms with Crippen LogP contribution in [-0.4, -0.2) is 20.6 Å². The Morgan fingerprint density at radius 2 is 2.56 bits per heavy atom. The lowest BCUT2D eigenvalue weighted by molar-refractivity contribution is -0.164. The van der Waals surface area contributed by atoms with Crippen LogP contribution in [0.2, 0.25) is 0 Å². The highest BCUT2D eigenvalue weighted by atomic mass is 31.1. The minimum absolute atomic E-state index is 0.147. The highest BCUT2D eigenvalue weighted by Crippen LogP contribution is 2.11. The zero-order chi connectivity index (χ0) is 6.69. The van der Waals surface area contributed by atoms with Gasteiger partial charge < -0.3 is 4.89 Å². The van der Waals surface area contributed by atoms with E-state index in [2.05, 4.69) is 20.6 Å². The summed E-state index contributed by atoms with van der Waals surface area (Å²) in [4.78, 5) is 9.98. The first kappa shape index (κ1) is 6.25. The summed E-state index contributed by atoms with van der Waals surface area (Å²) in [5.41, 5.74) is 0. The van der Waals surface area contributed by atoms with Gasteiger partial charge in [-0.3, -0.25) is 0 Å². The van der Waals surface area contributed by atoms with Crippen molar-refractivity contribution in [2.24, 2.45) is 0 Å². The van der Waals surface area contributed by atoms with Crippen LogP contribution in [0.1, 0.15) is 5.82 Å². The maximum atomic E-state index is 9.98. The van der Waals surface area contributed by atoms with Crippen LogP contribution in [0.4, 0.5) is 0 Å². The molecule has 1 unspecified atom stereocenters. The van der Waals surface area contributed by atoms with Crippen molar-refractivity contribution in [3.63, 3.8) is 0 Å². The fourth-order valence-electron chi connectivity index (χ4n) is 0.365. The molecule has 0 saturated heterocycles. The van der Waals surface area contributed by atoms with Crippen LogP contribution in [0, 0.1) is 0 Å². The largest absolute Gasteiger partial charge is 0.595 e. The molecule has 1 aromatic heterocycles. The minimum Gasteiger partial charge on any atom is -0.595 e. The SMILES string of the molecule is O=[P+]([O-])Cc1nn[nH]n1. The molecule has 0 aromatic carbocycles. The Labute approximate surface area is 51.2 Å². The third-order valence-electron chi connectivity index (χ3n) is 0.660. The van der Waals surface area contributed by atoms with E-state index in [0.29, 0.717) is 0 Å². The number of hydrogen-bond acceptors (Lipinski definition) is 5. The summed E-state index contributed by atoms with van der Waals surface area (Å²) in [6.07, 6.45) is -0.147. The van der Waals surface area contributed by atoms with E-state index in [4.69, 9.17) is 0 Å². The highest BCUT2D eigenvalue weighted by Gasteiger charge is 2.06. The molecule has 0 aliphatic carbocycles. The van der Waals surface area contributed by atoms with E-state index in [0.717, 1.165) is 0 Å². The molecule has 9 heavy (non-hydrogen) atoms.